The molecule has 0 saturated carbocycles. The molecule has 130 valence electrons. The minimum absolute atomic E-state index is 0.106. The molecule has 0 aliphatic heterocycles. The van der Waals surface area contributed by atoms with Crippen molar-refractivity contribution in [2.45, 2.75) is 11.8 Å². The summed E-state index contributed by atoms with van der Waals surface area (Å²) in [6, 6.07) is 23.9. The van der Waals surface area contributed by atoms with Crippen LogP contribution in [0.5, 0.6) is 0 Å². The zero-order valence-corrected chi connectivity index (χ0v) is 15.1. The molecule has 0 fully saturated rings. The van der Waals surface area contributed by atoms with Crippen LogP contribution in [0.3, 0.4) is 0 Å². The summed E-state index contributed by atoms with van der Waals surface area (Å²) in [6.45, 7) is 1.88. The molecule has 0 saturated heterocycles. The molecule has 0 unspecified atom stereocenters. The SMILES string of the molecule is Cc1ccc(S(=O)(=O)/C(=C/c2ccccc2)C(=O)c2ccccc2)cc1. The maximum absolute atomic E-state index is 13.2. The van der Waals surface area contributed by atoms with Crippen LogP contribution in [0.2, 0.25) is 0 Å². The van der Waals surface area contributed by atoms with Gasteiger partial charge in [0, 0.05) is 5.56 Å². The van der Waals surface area contributed by atoms with Crippen LogP contribution in [0.4, 0.5) is 0 Å². The summed E-state index contributed by atoms with van der Waals surface area (Å²) in [5.41, 5.74) is 1.94. The Bertz CT molecular complexity index is 1030. The van der Waals surface area contributed by atoms with Crippen molar-refractivity contribution in [1.82, 2.24) is 0 Å². The molecule has 0 heterocycles. The highest BCUT2D eigenvalue weighted by Gasteiger charge is 2.27. The number of allylic oxidation sites excluding steroid dienone is 1. The second-order valence-electron chi connectivity index (χ2n) is 5.93. The van der Waals surface area contributed by atoms with Crippen LogP contribution >= 0.6 is 0 Å². The summed E-state index contributed by atoms with van der Waals surface area (Å²) in [5, 5.41) is 0. The van der Waals surface area contributed by atoms with Crippen LogP contribution in [-0.2, 0) is 9.84 Å². The van der Waals surface area contributed by atoms with E-state index in [0.29, 0.717) is 11.1 Å². The Labute approximate surface area is 153 Å². The second-order valence-corrected chi connectivity index (χ2v) is 7.85. The summed E-state index contributed by atoms with van der Waals surface area (Å²) in [6.07, 6.45) is 1.44. The first-order valence-corrected chi connectivity index (χ1v) is 9.65. The average molecular weight is 362 g/mol. The molecular formula is C22H18O3S. The fourth-order valence-corrected chi connectivity index (χ4v) is 3.94. The van der Waals surface area contributed by atoms with Gasteiger partial charge < -0.3 is 0 Å². The number of hydrogen-bond donors (Lipinski definition) is 0. The van der Waals surface area contributed by atoms with Gasteiger partial charge in [-0.15, -0.1) is 0 Å². The Morgan fingerprint density at radius 2 is 1.31 bits per heavy atom. The molecule has 3 nitrogen and oxygen atoms in total. The summed E-state index contributed by atoms with van der Waals surface area (Å²) < 4.78 is 26.3. The van der Waals surface area contributed by atoms with E-state index in [9.17, 15) is 13.2 Å². The van der Waals surface area contributed by atoms with E-state index in [2.05, 4.69) is 0 Å². The van der Waals surface area contributed by atoms with Gasteiger partial charge in [-0.3, -0.25) is 4.79 Å². The molecule has 0 atom stereocenters. The highest BCUT2D eigenvalue weighted by Crippen LogP contribution is 2.25. The van der Waals surface area contributed by atoms with E-state index in [1.807, 2.05) is 13.0 Å². The number of carbonyl (C=O) groups excluding carboxylic acids is 1. The number of sulfone groups is 1. The first-order chi connectivity index (χ1) is 12.5. The van der Waals surface area contributed by atoms with E-state index in [4.69, 9.17) is 0 Å². The minimum atomic E-state index is -3.95. The molecule has 4 heteroatoms. The van der Waals surface area contributed by atoms with E-state index < -0.39 is 15.6 Å². The lowest BCUT2D eigenvalue weighted by atomic mass is 10.1. The van der Waals surface area contributed by atoms with Crippen LogP contribution < -0.4 is 0 Å². The van der Waals surface area contributed by atoms with Gasteiger partial charge in [-0.1, -0.05) is 78.4 Å². The van der Waals surface area contributed by atoms with Crippen molar-refractivity contribution < 1.29 is 13.2 Å². The number of hydrogen-bond acceptors (Lipinski definition) is 3. The van der Waals surface area contributed by atoms with E-state index in [1.165, 1.54) is 18.2 Å². The quantitative estimate of drug-likeness (QED) is 0.489. The smallest absolute Gasteiger partial charge is 0.210 e. The summed E-state index contributed by atoms with van der Waals surface area (Å²) in [7, 11) is -3.95. The van der Waals surface area contributed by atoms with Gasteiger partial charge >= 0.3 is 0 Å². The molecule has 3 rings (SSSR count). The van der Waals surface area contributed by atoms with Crippen molar-refractivity contribution >= 4 is 21.7 Å². The van der Waals surface area contributed by atoms with Gasteiger partial charge in [0.05, 0.1) is 4.90 Å². The highest BCUT2D eigenvalue weighted by molar-refractivity contribution is 7.96. The molecular weight excluding hydrogens is 344 g/mol. The summed E-state index contributed by atoms with van der Waals surface area (Å²) >= 11 is 0. The lowest BCUT2D eigenvalue weighted by molar-refractivity contribution is 0.104. The Morgan fingerprint density at radius 3 is 1.88 bits per heavy atom. The monoisotopic (exact) mass is 362 g/mol. The Kier molecular flexibility index (Phi) is 5.14. The van der Waals surface area contributed by atoms with Crippen LogP contribution in [0.15, 0.2) is 94.7 Å². The highest BCUT2D eigenvalue weighted by atomic mass is 32.2. The molecule has 3 aromatic carbocycles. The standard InChI is InChI=1S/C22H18O3S/c1-17-12-14-20(15-13-17)26(24,25)21(16-18-8-4-2-5-9-18)22(23)19-10-6-3-7-11-19/h2-16H,1H3/b21-16+. The molecule has 0 amide bonds. The fourth-order valence-electron chi connectivity index (χ4n) is 2.54. The van der Waals surface area contributed by atoms with Gasteiger partial charge in [0.25, 0.3) is 0 Å². The van der Waals surface area contributed by atoms with Gasteiger partial charge in [0.2, 0.25) is 15.6 Å². The second kappa shape index (κ2) is 7.50. The van der Waals surface area contributed by atoms with Crippen molar-refractivity contribution in [2.24, 2.45) is 0 Å². The van der Waals surface area contributed by atoms with Crippen LogP contribution in [-0.4, -0.2) is 14.2 Å². The fraction of sp³-hybridized carbons (Fsp3) is 0.0455. The number of carbonyl (C=O) groups is 1. The number of Topliss-reactive ketones (excluding diaryl/α,β-unsaturated/α-hetero) is 1. The normalized spacial score (nSPS) is 12.0. The predicted octanol–water partition coefficient (Wildman–Crippen LogP) is 4.69. The minimum Gasteiger partial charge on any atom is -0.288 e. The summed E-state index contributed by atoms with van der Waals surface area (Å²) in [5.74, 6) is -0.518. The number of aryl methyl sites for hydroxylation is 1. The van der Waals surface area contributed by atoms with E-state index in [-0.39, 0.29) is 9.80 Å². The number of ketones is 1. The van der Waals surface area contributed by atoms with E-state index in [1.54, 1.807) is 66.7 Å². The number of benzene rings is 3. The van der Waals surface area contributed by atoms with Crippen LogP contribution in [0.1, 0.15) is 21.5 Å². The molecule has 0 spiro atoms. The Hall–Kier alpha value is -2.98. The number of rotatable bonds is 5. The molecule has 0 aliphatic rings. The molecule has 0 N–H and O–H groups in total. The van der Waals surface area contributed by atoms with Crippen LogP contribution in [0.25, 0.3) is 6.08 Å². The Balaban J connectivity index is 2.16. The van der Waals surface area contributed by atoms with E-state index in [0.717, 1.165) is 5.56 Å². The summed E-state index contributed by atoms with van der Waals surface area (Å²) in [4.78, 5) is 12.9. The van der Waals surface area contributed by atoms with Crippen LogP contribution in [0, 0.1) is 6.92 Å². The van der Waals surface area contributed by atoms with Gasteiger partial charge in [0.15, 0.2) is 0 Å². The first kappa shape index (κ1) is 17.8. The third kappa shape index (κ3) is 3.81. The maximum Gasteiger partial charge on any atom is 0.210 e. The van der Waals surface area contributed by atoms with Crippen molar-refractivity contribution in [2.75, 3.05) is 0 Å². The average Bonchev–Trinajstić information content (AvgIpc) is 2.67. The van der Waals surface area contributed by atoms with E-state index >= 15 is 0 Å². The Morgan fingerprint density at radius 1 is 0.769 bits per heavy atom. The zero-order valence-electron chi connectivity index (χ0n) is 14.3. The molecule has 26 heavy (non-hydrogen) atoms. The van der Waals surface area contributed by atoms with Crippen molar-refractivity contribution in [3.63, 3.8) is 0 Å². The lowest BCUT2D eigenvalue weighted by Crippen LogP contribution is -2.14. The van der Waals surface area contributed by atoms with Gasteiger partial charge in [0.1, 0.15) is 4.91 Å². The zero-order chi connectivity index (χ0) is 18.6. The van der Waals surface area contributed by atoms with Crippen molar-refractivity contribution in [3.8, 4) is 0 Å². The van der Waals surface area contributed by atoms with Crippen molar-refractivity contribution in [3.05, 3.63) is 107 Å². The topological polar surface area (TPSA) is 51.2 Å². The third-order valence-electron chi connectivity index (χ3n) is 3.98. The molecule has 3 aromatic rings. The maximum atomic E-state index is 13.2. The van der Waals surface area contributed by atoms with Gasteiger partial charge in [-0.25, -0.2) is 8.42 Å². The van der Waals surface area contributed by atoms with Gasteiger partial charge in [-0.2, -0.15) is 0 Å². The molecule has 0 aromatic heterocycles. The molecule has 0 bridgehead atoms. The molecule has 0 aliphatic carbocycles. The predicted molar refractivity (Wildman–Crippen MR) is 104 cm³/mol. The largest absolute Gasteiger partial charge is 0.288 e. The molecule has 0 radical (unpaired) electrons. The van der Waals surface area contributed by atoms with Gasteiger partial charge in [-0.05, 0) is 30.7 Å². The van der Waals surface area contributed by atoms with Crippen molar-refractivity contribution in [1.29, 1.82) is 0 Å². The lowest BCUT2D eigenvalue weighted by Gasteiger charge is -2.10. The third-order valence-corrected chi connectivity index (χ3v) is 5.75. The first-order valence-electron chi connectivity index (χ1n) is 8.17.